The first kappa shape index (κ1) is 16.0. The highest BCUT2D eigenvalue weighted by Gasteiger charge is 2.57. The second-order valence-corrected chi connectivity index (χ2v) is 8.68. The van der Waals surface area contributed by atoms with Gasteiger partial charge in [-0.15, -0.1) is 0 Å². The van der Waals surface area contributed by atoms with Gasteiger partial charge in [0.1, 0.15) is 0 Å². The van der Waals surface area contributed by atoms with Crippen LogP contribution in [0.3, 0.4) is 0 Å². The molecule has 1 unspecified atom stereocenters. The molecule has 3 aliphatic rings. The van der Waals surface area contributed by atoms with Crippen molar-refractivity contribution in [3.8, 4) is 11.5 Å². The molecular formula is C20H24N4O2. The van der Waals surface area contributed by atoms with E-state index in [9.17, 15) is 4.79 Å². The Labute approximate surface area is 153 Å². The van der Waals surface area contributed by atoms with Gasteiger partial charge < -0.3 is 9.42 Å². The Bertz CT molecular complexity index is 837. The number of aromatic nitrogens is 2. The molecule has 136 valence electrons. The van der Waals surface area contributed by atoms with Crippen LogP contribution in [0.5, 0.6) is 0 Å². The Hall–Kier alpha value is -2.21. The summed E-state index contributed by atoms with van der Waals surface area (Å²) < 4.78 is 5.49. The minimum absolute atomic E-state index is 0.0657. The Balaban J connectivity index is 1.29. The normalized spacial score (nSPS) is 26.1. The summed E-state index contributed by atoms with van der Waals surface area (Å²) in [6.07, 6.45) is 3.07. The van der Waals surface area contributed by atoms with Crippen LogP contribution in [0.25, 0.3) is 11.5 Å². The van der Waals surface area contributed by atoms with Crippen molar-refractivity contribution < 1.29 is 9.32 Å². The Morgan fingerprint density at radius 1 is 1.19 bits per heavy atom. The van der Waals surface area contributed by atoms with Crippen LogP contribution in [-0.2, 0) is 4.79 Å². The lowest BCUT2D eigenvalue weighted by Crippen LogP contribution is -2.60. The first-order chi connectivity index (χ1) is 12.5. The van der Waals surface area contributed by atoms with E-state index in [1.54, 1.807) is 0 Å². The van der Waals surface area contributed by atoms with Crippen molar-refractivity contribution in [3.63, 3.8) is 0 Å². The van der Waals surface area contributed by atoms with Crippen LogP contribution < -0.4 is 0 Å². The Morgan fingerprint density at radius 2 is 1.92 bits per heavy atom. The zero-order valence-electron chi connectivity index (χ0n) is 15.3. The number of carbonyl (C=O) groups is 1. The van der Waals surface area contributed by atoms with E-state index in [1.165, 1.54) is 0 Å². The van der Waals surface area contributed by atoms with Crippen molar-refractivity contribution in [3.05, 3.63) is 36.2 Å². The van der Waals surface area contributed by atoms with Gasteiger partial charge in [0.2, 0.25) is 5.91 Å². The monoisotopic (exact) mass is 352 g/mol. The molecule has 2 aliphatic heterocycles. The van der Waals surface area contributed by atoms with Gasteiger partial charge in [-0.2, -0.15) is 4.98 Å². The molecule has 0 bridgehead atoms. The number of nitrogens with zero attached hydrogens (tertiary/aromatic N) is 4. The average Bonchev–Trinajstić information content (AvgIpc) is 3.06. The van der Waals surface area contributed by atoms with Crippen LogP contribution in [0.4, 0.5) is 0 Å². The lowest BCUT2D eigenvalue weighted by Gasteiger charge is -2.49. The number of likely N-dealkylation sites (tertiary alicyclic amines) is 2. The van der Waals surface area contributed by atoms with Gasteiger partial charge in [-0.05, 0) is 38.4 Å². The highest BCUT2D eigenvalue weighted by molar-refractivity contribution is 5.85. The molecule has 1 aromatic heterocycles. The molecule has 0 radical (unpaired) electrons. The van der Waals surface area contributed by atoms with Crippen molar-refractivity contribution in [1.29, 1.82) is 0 Å². The minimum atomic E-state index is -0.0657. The summed E-state index contributed by atoms with van der Waals surface area (Å²) in [6.45, 7) is 4.80. The molecule has 0 N–H and O–H groups in total. The molecule has 26 heavy (non-hydrogen) atoms. The lowest BCUT2D eigenvalue weighted by atomic mass is 9.77. The predicted molar refractivity (Wildman–Crippen MR) is 96.1 cm³/mol. The molecule has 1 amide bonds. The van der Waals surface area contributed by atoms with Gasteiger partial charge >= 0.3 is 0 Å². The van der Waals surface area contributed by atoms with Crippen LogP contribution in [0, 0.1) is 10.8 Å². The van der Waals surface area contributed by atoms with Gasteiger partial charge in [0.25, 0.3) is 5.89 Å². The fraction of sp³-hybridized carbons (Fsp3) is 0.550. The van der Waals surface area contributed by atoms with E-state index in [-0.39, 0.29) is 16.9 Å². The zero-order chi connectivity index (χ0) is 17.9. The molecule has 3 heterocycles. The Kier molecular flexibility index (Phi) is 3.32. The molecule has 1 aliphatic carbocycles. The highest BCUT2D eigenvalue weighted by atomic mass is 16.5. The molecule has 1 saturated carbocycles. The molecule has 6 heteroatoms. The summed E-state index contributed by atoms with van der Waals surface area (Å²) in [5, 5.41) is 4.24. The van der Waals surface area contributed by atoms with E-state index in [0.29, 0.717) is 11.8 Å². The topological polar surface area (TPSA) is 62.5 Å². The molecule has 1 spiro atoms. The van der Waals surface area contributed by atoms with E-state index < -0.39 is 0 Å². The summed E-state index contributed by atoms with van der Waals surface area (Å²) in [6, 6.07) is 10.0. The van der Waals surface area contributed by atoms with Crippen LogP contribution in [0.1, 0.15) is 38.1 Å². The third-order valence-corrected chi connectivity index (χ3v) is 6.36. The van der Waals surface area contributed by atoms with Gasteiger partial charge in [0.15, 0.2) is 5.82 Å². The maximum absolute atomic E-state index is 12.5. The van der Waals surface area contributed by atoms with Crippen molar-refractivity contribution >= 4 is 5.91 Å². The summed E-state index contributed by atoms with van der Waals surface area (Å²) in [7, 11) is 2.12. The highest BCUT2D eigenvalue weighted by Crippen LogP contribution is 2.52. The zero-order valence-corrected chi connectivity index (χ0v) is 15.3. The van der Waals surface area contributed by atoms with Crippen LogP contribution in [0.15, 0.2) is 34.9 Å². The van der Waals surface area contributed by atoms with Gasteiger partial charge in [0.05, 0.1) is 6.04 Å². The standard InChI is InChI=1S/C20H24N4O2/c1-19(8-9-19)18(25)24-12-20(13-24)10-15(23(2)11-20)16-21-17(26-22-16)14-6-4-3-5-7-14/h3-7,15H,8-13H2,1-2H3. The molecule has 3 fully saturated rings. The second kappa shape index (κ2) is 5.39. The summed E-state index contributed by atoms with van der Waals surface area (Å²) >= 11 is 0. The molecule has 1 aromatic carbocycles. The smallest absolute Gasteiger partial charge is 0.257 e. The van der Waals surface area contributed by atoms with Crippen molar-refractivity contribution in [2.75, 3.05) is 26.7 Å². The molecule has 1 atom stereocenters. The summed E-state index contributed by atoms with van der Waals surface area (Å²) in [4.78, 5) is 21.5. The third kappa shape index (κ3) is 2.47. The van der Waals surface area contributed by atoms with Gasteiger partial charge in [-0.25, -0.2) is 0 Å². The minimum Gasteiger partial charge on any atom is -0.341 e. The predicted octanol–water partition coefficient (Wildman–Crippen LogP) is 2.74. The Morgan fingerprint density at radius 3 is 2.62 bits per heavy atom. The summed E-state index contributed by atoms with van der Waals surface area (Å²) in [5.74, 6) is 1.67. The van der Waals surface area contributed by atoms with E-state index in [1.807, 2.05) is 30.3 Å². The van der Waals surface area contributed by atoms with Gasteiger partial charge in [-0.3, -0.25) is 9.69 Å². The molecule has 5 rings (SSSR count). The van der Waals surface area contributed by atoms with Gasteiger partial charge in [0, 0.05) is 36.0 Å². The number of hydrogen-bond acceptors (Lipinski definition) is 5. The maximum atomic E-state index is 12.5. The second-order valence-electron chi connectivity index (χ2n) is 8.68. The molecule has 2 aromatic rings. The number of rotatable bonds is 3. The number of carbonyl (C=O) groups excluding carboxylic acids is 1. The first-order valence-electron chi connectivity index (χ1n) is 9.37. The fourth-order valence-corrected chi connectivity index (χ4v) is 4.55. The van der Waals surface area contributed by atoms with E-state index in [0.717, 1.165) is 50.3 Å². The van der Waals surface area contributed by atoms with Crippen molar-refractivity contribution in [2.45, 2.75) is 32.2 Å². The number of amides is 1. The van der Waals surface area contributed by atoms with E-state index in [2.05, 4.69) is 33.9 Å². The van der Waals surface area contributed by atoms with Crippen molar-refractivity contribution in [2.24, 2.45) is 10.8 Å². The quantitative estimate of drug-likeness (QED) is 0.850. The largest absolute Gasteiger partial charge is 0.341 e. The van der Waals surface area contributed by atoms with Crippen molar-refractivity contribution in [1.82, 2.24) is 19.9 Å². The maximum Gasteiger partial charge on any atom is 0.257 e. The average molecular weight is 352 g/mol. The van der Waals surface area contributed by atoms with Crippen LogP contribution in [0.2, 0.25) is 0 Å². The molecule has 6 nitrogen and oxygen atoms in total. The van der Waals surface area contributed by atoms with E-state index >= 15 is 0 Å². The van der Waals surface area contributed by atoms with E-state index in [4.69, 9.17) is 4.52 Å². The van der Waals surface area contributed by atoms with Crippen LogP contribution in [-0.4, -0.2) is 52.5 Å². The fourth-order valence-electron chi connectivity index (χ4n) is 4.55. The first-order valence-corrected chi connectivity index (χ1v) is 9.37. The number of benzene rings is 1. The number of hydrogen-bond donors (Lipinski definition) is 0. The molecular weight excluding hydrogens is 328 g/mol. The SMILES string of the molecule is CN1CC2(CC1c1noc(-c3ccccc3)n1)CN(C(=O)C1(C)CC1)C2. The third-order valence-electron chi connectivity index (χ3n) is 6.36. The van der Waals surface area contributed by atoms with Gasteiger partial charge in [-0.1, -0.05) is 30.3 Å². The molecule has 2 saturated heterocycles. The summed E-state index contributed by atoms with van der Waals surface area (Å²) in [5.41, 5.74) is 1.07. The lowest BCUT2D eigenvalue weighted by molar-refractivity contribution is -0.148. The van der Waals surface area contributed by atoms with Crippen LogP contribution >= 0.6 is 0 Å².